The van der Waals surface area contributed by atoms with Gasteiger partial charge >= 0.3 is 6.09 Å². The Kier molecular flexibility index (Phi) is 3.60. The molecule has 106 valence electrons. The number of hydrogen-bond donors (Lipinski definition) is 1. The number of nitrogens with one attached hydrogen (secondary N) is 1. The summed E-state index contributed by atoms with van der Waals surface area (Å²) in [7, 11) is 0. The molecule has 1 aromatic heterocycles. The molecule has 1 atom stereocenters. The second-order valence-electron chi connectivity index (χ2n) is 4.73. The highest BCUT2D eigenvalue weighted by Gasteiger charge is 2.13. The van der Waals surface area contributed by atoms with E-state index in [1.54, 1.807) is 6.07 Å². The van der Waals surface area contributed by atoms with Crippen molar-refractivity contribution in [2.45, 2.75) is 13.0 Å². The molecule has 4 nitrogen and oxygen atoms in total. The molecule has 0 aliphatic rings. The molecule has 0 aliphatic carbocycles. The minimum absolute atomic E-state index is 0.324. The van der Waals surface area contributed by atoms with Crippen LogP contribution in [-0.4, -0.2) is 6.09 Å². The molecule has 0 saturated carbocycles. The van der Waals surface area contributed by atoms with Crippen LogP contribution in [0.15, 0.2) is 65.1 Å². The molecule has 2 aromatic carbocycles. The fourth-order valence-corrected chi connectivity index (χ4v) is 2.13. The minimum Gasteiger partial charge on any atom is -0.441 e. The van der Waals surface area contributed by atoms with Crippen molar-refractivity contribution in [1.29, 1.82) is 0 Å². The van der Waals surface area contributed by atoms with E-state index in [0.717, 1.165) is 16.5 Å². The SMILES string of the molecule is CC(OC(=O)Nc1cc2ccccc2o1)c1ccccc1. The van der Waals surface area contributed by atoms with Gasteiger partial charge in [0.25, 0.3) is 0 Å². The summed E-state index contributed by atoms with van der Waals surface area (Å²) in [5.41, 5.74) is 1.67. The summed E-state index contributed by atoms with van der Waals surface area (Å²) >= 11 is 0. The van der Waals surface area contributed by atoms with Crippen molar-refractivity contribution in [1.82, 2.24) is 0 Å². The molecule has 4 heteroatoms. The maximum Gasteiger partial charge on any atom is 0.414 e. The Hall–Kier alpha value is -2.75. The van der Waals surface area contributed by atoms with Gasteiger partial charge < -0.3 is 9.15 Å². The summed E-state index contributed by atoms with van der Waals surface area (Å²) in [6, 6.07) is 18.9. The molecule has 0 radical (unpaired) electrons. The summed E-state index contributed by atoms with van der Waals surface area (Å²) in [4.78, 5) is 11.9. The van der Waals surface area contributed by atoms with E-state index in [-0.39, 0.29) is 6.10 Å². The van der Waals surface area contributed by atoms with Gasteiger partial charge in [-0.3, -0.25) is 5.32 Å². The van der Waals surface area contributed by atoms with Gasteiger partial charge in [0.15, 0.2) is 0 Å². The molecule has 1 unspecified atom stereocenters. The Morgan fingerprint density at radius 3 is 2.57 bits per heavy atom. The van der Waals surface area contributed by atoms with Crippen LogP contribution in [0.25, 0.3) is 11.0 Å². The van der Waals surface area contributed by atoms with Crippen LogP contribution in [0.2, 0.25) is 0 Å². The van der Waals surface area contributed by atoms with Crippen LogP contribution in [0.3, 0.4) is 0 Å². The predicted molar refractivity (Wildman–Crippen MR) is 81.2 cm³/mol. The number of carbonyl (C=O) groups excluding carboxylic acids is 1. The number of rotatable bonds is 3. The normalized spacial score (nSPS) is 12.0. The number of fused-ring (bicyclic) bond motifs is 1. The van der Waals surface area contributed by atoms with Crippen LogP contribution in [-0.2, 0) is 4.74 Å². The number of para-hydroxylation sites is 1. The van der Waals surface area contributed by atoms with Crippen LogP contribution < -0.4 is 5.32 Å². The molecule has 0 spiro atoms. The number of amides is 1. The average Bonchev–Trinajstić information content (AvgIpc) is 2.90. The lowest BCUT2D eigenvalue weighted by Gasteiger charge is -2.13. The average molecular weight is 281 g/mol. The Morgan fingerprint density at radius 1 is 1.10 bits per heavy atom. The predicted octanol–water partition coefficient (Wildman–Crippen LogP) is 4.74. The second-order valence-corrected chi connectivity index (χ2v) is 4.73. The van der Waals surface area contributed by atoms with Gasteiger partial charge in [-0.25, -0.2) is 4.79 Å². The lowest BCUT2D eigenvalue weighted by atomic mass is 10.1. The van der Waals surface area contributed by atoms with Gasteiger partial charge in [-0.15, -0.1) is 0 Å². The fourth-order valence-electron chi connectivity index (χ4n) is 2.13. The molecule has 1 N–H and O–H groups in total. The Labute approximate surface area is 122 Å². The Balaban J connectivity index is 1.66. The smallest absolute Gasteiger partial charge is 0.414 e. The zero-order valence-corrected chi connectivity index (χ0v) is 11.6. The van der Waals surface area contributed by atoms with E-state index in [0.29, 0.717) is 5.88 Å². The van der Waals surface area contributed by atoms with Gasteiger partial charge in [0, 0.05) is 11.5 Å². The van der Waals surface area contributed by atoms with Gasteiger partial charge in [0.05, 0.1) is 0 Å². The van der Waals surface area contributed by atoms with Crippen molar-refractivity contribution >= 4 is 22.9 Å². The zero-order chi connectivity index (χ0) is 14.7. The van der Waals surface area contributed by atoms with E-state index in [4.69, 9.17) is 9.15 Å². The van der Waals surface area contributed by atoms with Crippen molar-refractivity contribution in [3.8, 4) is 0 Å². The molecule has 3 aromatic rings. The molecular formula is C17H15NO3. The van der Waals surface area contributed by atoms with Gasteiger partial charge in [-0.2, -0.15) is 0 Å². The third-order valence-corrected chi connectivity index (χ3v) is 3.20. The van der Waals surface area contributed by atoms with Crippen LogP contribution in [0.5, 0.6) is 0 Å². The van der Waals surface area contributed by atoms with Crippen LogP contribution >= 0.6 is 0 Å². The number of furan rings is 1. The zero-order valence-electron chi connectivity index (χ0n) is 11.6. The number of carbonyl (C=O) groups is 1. The summed E-state index contributed by atoms with van der Waals surface area (Å²) in [5.74, 6) is 0.376. The van der Waals surface area contributed by atoms with Crippen molar-refractivity contribution in [3.05, 3.63) is 66.2 Å². The van der Waals surface area contributed by atoms with E-state index in [9.17, 15) is 4.79 Å². The summed E-state index contributed by atoms with van der Waals surface area (Å²) in [6.45, 7) is 1.83. The molecule has 1 amide bonds. The summed E-state index contributed by atoms with van der Waals surface area (Å²) in [5, 5.41) is 3.54. The molecule has 1 heterocycles. The fraction of sp³-hybridized carbons (Fsp3) is 0.118. The van der Waals surface area contributed by atoms with Crippen molar-refractivity contribution < 1.29 is 13.9 Å². The van der Waals surface area contributed by atoms with Crippen LogP contribution in [0.4, 0.5) is 10.7 Å². The summed E-state index contributed by atoms with van der Waals surface area (Å²) in [6.07, 6.45) is -0.860. The van der Waals surface area contributed by atoms with Crippen LogP contribution in [0.1, 0.15) is 18.6 Å². The monoisotopic (exact) mass is 281 g/mol. The Bertz CT molecular complexity index is 716. The van der Waals surface area contributed by atoms with Crippen LogP contribution in [0, 0.1) is 0 Å². The largest absolute Gasteiger partial charge is 0.441 e. The standard InChI is InChI=1S/C17H15NO3/c1-12(13-7-3-2-4-8-13)20-17(19)18-16-11-14-9-5-6-10-15(14)21-16/h2-12H,1H3,(H,18,19). The second kappa shape index (κ2) is 5.71. The molecule has 21 heavy (non-hydrogen) atoms. The maximum absolute atomic E-state index is 11.9. The molecular weight excluding hydrogens is 266 g/mol. The van der Waals surface area contributed by atoms with Crippen molar-refractivity contribution in [3.63, 3.8) is 0 Å². The number of ether oxygens (including phenoxy) is 1. The molecule has 3 rings (SSSR count). The highest BCUT2D eigenvalue weighted by molar-refractivity contribution is 5.88. The van der Waals surface area contributed by atoms with Crippen molar-refractivity contribution in [2.24, 2.45) is 0 Å². The third kappa shape index (κ3) is 3.05. The van der Waals surface area contributed by atoms with Gasteiger partial charge in [-0.05, 0) is 18.6 Å². The maximum atomic E-state index is 11.9. The van der Waals surface area contributed by atoms with Gasteiger partial charge in [-0.1, -0.05) is 48.5 Å². The highest BCUT2D eigenvalue weighted by atomic mass is 16.6. The highest BCUT2D eigenvalue weighted by Crippen LogP contribution is 2.23. The van der Waals surface area contributed by atoms with Crippen molar-refractivity contribution in [2.75, 3.05) is 5.32 Å². The first-order chi connectivity index (χ1) is 10.2. The number of hydrogen-bond acceptors (Lipinski definition) is 3. The van der Waals surface area contributed by atoms with Gasteiger partial charge in [0.1, 0.15) is 11.7 Å². The van der Waals surface area contributed by atoms with E-state index in [1.165, 1.54) is 0 Å². The van der Waals surface area contributed by atoms with E-state index < -0.39 is 6.09 Å². The minimum atomic E-state index is -0.537. The van der Waals surface area contributed by atoms with E-state index in [1.807, 2.05) is 61.5 Å². The number of benzene rings is 2. The first-order valence-corrected chi connectivity index (χ1v) is 6.73. The summed E-state index contributed by atoms with van der Waals surface area (Å²) < 4.78 is 10.8. The third-order valence-electron chi connectivity index (χ3n) is 3.20. The molecule has 0 bridgehead atoms. The molecule has 0 fully saturated rings. The first-order valence-electron chi connectivity index (χ1n) is 6.73. The molecule has 0 aliphatic heterocycles. The topological polar surface area (TPSA) is 51.5 Å². The Morgan fingerprint density at radius 2 is 1.81 bits per heavy atom. The quantitative estimate of drug-likeness (QED) is 0.754. The first kappa shape index (κ1) is 13.2. The van der Waals surface area contributed by atoms with E-state index >= 15 is 0 Å². The molecule has 0 saturated heterocycles. The van der Waals surface area contributed by atoms with E-state index in [2.05, 4.69) is 5.32 Å². The lowest BCUT2D eigenvalue weighted by Crippen LogP contribution is -2.15. The number of anilines is 1. The van der Waals surface area contributed by atoms with Gasteiger partial charge in [0.2, 0.25) is 5.88 Å². The lowest BCUT2D eigenvalue weighted by molar-refractivity contribution is 0.120.